The minimum absolute atomic E-state index is 0.131. The van der Waals surface area contributed by atoms with Crippen LogP contribution in [-0.2, 0) is 11.3 Å². The molecular formula is C14H18F2N2O3. The molecule has 0 unspecified atom stereocenters. The standard InChI is InChI=1S/C14H18F2N2O3/c15-11(16)9-18-7-3-4-10(18)13(21)17-14(8-12(19)20)5-1-2-6-14/h3-4,7,11H,1-2,5-6,8-9H2,(H,17,21)(H,19,20). The minimum atomic E-state index is -2.55. The second kappa shape index (κ2) is 6.24. The first-order chi connectivity index (χ1) is 9.92. The third-order valence-corrected chi connectivity index (χ3v) is 3.83. The summed E-state index contributed by atoms with van der Waals surface area (Å²) in [5.74, 6) is -1.47. The summed E-state index contributed by atoms with van der Waals surface area (Å²) < 4.78 is 26.1. The fourth-order valence-electron chi connectivity index (χ4n) is 2.92. The van der Waals surface area contributed by atoms with E-state index < -0.39 is 30.4 Å². The zero-order valence-corrected chi connectivity index (χ0v) is 11.5. The molecule has 2 N–H and O–H groups in total. The molecule has 0 radical (unpaired) electrons. The normalized spacial score (nSPS) is 17.1. The molecule has 0 bridgehead atoms. The van der Waals surface area contributed by atoms with Crippen LogP contribution >= 0.6 is 0 Å². The van der Waals surface area contributed by atoms with Gasteiger partial charge in [0, 0.05) is 6.20 Å². The first kappa shape index (κ1) is 15.5. The van der Waals surface area contributed by atoms with E-state index in [1.165, 1.54) is 22.9 Å². The Labute approximate surface area is 120 Å². The largest absolute Gasteiger partial charge is 0.481 e. The number of rotatable bonds is 6. The fraction of sp³-hybridized carbons (Fsp3) is 0.571. The van der Waals surface area contributed by atoms with Gasteiger partial charge in [-0.1, -0.05) is 12.8 Å². The molecule has 0 atom stereocenters. The van der Waals surface area contributed by atoms with Crippen LogP contribution in [0.2, 0.25) is 0 Å². The number of aliphatic carboxylic acids is 1. The number of nitrogens with one attached hydrogen (secondary N) is 1. The van der Waals surface area contributed by atoms with E-state index in [0.717, 1.165) is 12.8 Å². The van der Waals surface area contributed by atoms with Gasteiger partial charge in [-0.3, -0.25) is 9.59 Å². The van der Waals surface area contributed by atoms with E-state index in [4.69, 9.17) is 5.11 Å². The van der Waals surface area contributed by atoms with Gasteiger partial charge in [0.05, 0.1) is 18.5 Å². The van der Waals surface area contributed by atoms with Gasteiger partial charge in [-0.15, -0.1) is 0 Å². The summed E-state index contributed by atoms with van der Waals surface area (Å²) in [6.45, 7) is -0.554. The number of nitrogens with zero attached hydrogens (tertiary/aromatic N) is 1. The molecule has 21 heavy (non-hydrogen) atoms. The predicted molar refractivity (Wildman–Crippen MR) is 71.4 cm³/mol. The van der Waals surface area contributed by atoms with Crippen LogP contribution in [0, 0.1) is 0 Å². The van der Waals surface area contributed by atoms with Crippen LogP contribution in [0.25, 0.3) is 0 Å². The molecule has 1 fully saturated rings. The highest BCUT2D eigenvalue weighted by Gasteiger charge is 2.38. The van der Waals surface area contributed by atoms with Gasteiger partial charge in [0.2, 0.25) is 0 Å². The molecule has 5 nitrogen and oxygen atoms in total. The molecule has 0 aliphatic heterocycles. The Hall–Kier alpha value is -1.92. The smallest absolute Gasteiger partial charge is 0.305 e. The Balaban J connectivity index is 2.12. The van der Waals surface area contributed by atoms with Crippen molar-refractivity contribution in [2.45, 2.75) is 50.6 Å². The van der Waals surface area contributed by atoms with Gasteiger partial charge >= 0.3 is 5.97 Å². The third kappa shape index (κ3) is 3.80. The van der Waals surface area contributed by atoms with E-state index >= 15 is 0 Å². The Morgan fingerprint density at radius 2 is 2.05 bits per heavy atom. The highest BCUT2D eigenvalue weighted by Crippen LogP contribution is 2.33. The van der Waals surface area contributed by atoms with Crippen molar-refractivity contribution in [1.82, 2.24) is 9.88 Å². The minimum Gasteiger partial charge on any atom is -0.481 e. The van der Waals surface area contributed by atoms with Crippen LogP contribution in [0.3, 0.4) is 0 Å². The molecule has 1 aromatic heterocycles. The van der Waals surface area contributed by atoms with Gasteiger partial charge in [0.25, 0.3) is 12.3 Å². The zero-order chi connectivity index (χ0) is 15.5. The van der Waals surface area contributed by atoms with Crippen molar-refractivity contribution in [1.29, 1.82) is 0 Å². The second-order valence-corrected chi connectivity index (χ2v) is 5.45. The number of alkyl halides is 2. The number of halogens is 2. The lowest BCUT2D eigenvalue weighted by Crippen LogP contribution is -2.48. The molecule has 0 saturated heterocycles. The molecule has 2 rings (SSSR count). The Morgan fingerprint density at radius 1 is 1.38 bits per heavy atom. The SMILES string of the molecule is O=C(O)CC1(NC(=O)c2cccn2CC(F)F)CCCC1. The van der Waals surface area contributed by atoms with Gasteiger partial charge in [0.15, 0.2) is 0 Å². The third-order valence-electron chi connectivity index (χ3n) is 3.83. The molecule has 1 aliphatic rings. The average molecular weight is 300 g/mol. The molecule has 1 heterocycles. The first-order valence-electron chi connectivity index (χ1n) is 6.89. The number of carboxylic acids is 1. The number of hydrogen-bond donors (Lipinski definition) is 2. The number of aromatic nitrogens is 1. The topological polar surface area (TPSA) is 71.3 Å². The molecule has 0 aromatic carbocycles. The molecule has 1 amide bonds. The van der Waals surface area contributed by atoms with Gasteiger partial charge in [-0.05, 0) is 25.0 Å². The van der Waals surface area contributed by atoms with Gasteiger partial charge in [-0.25, -0.2) is 8.78 Å². The lowest BCUT2D eigenvalue weighted by Gasteiger charge is -2.28. The van der Waals surface area contributed by atoms with Crippen molar-refractivity contribution in [3.63, 3.8) is 0 Å². The van der Waals surface area contributed by atoms with Gasteiger partial charge < -0.3 is 15.0 Å². The maximum Gasteiger partial charge on any atom is 0.305 e. The van der Waals surface area contributed by atoms with Crippen LogP contribution in [0.5, 0.6) is 0 Å². The molecular weight excluding hydrogens is 282 g/mol. The van der Waals surface area contributed by atoms with Crippen molar-refractivity contribution in [2.24, 2.45) is 0 Å². The number of carbonyl (C=O) groups is 2. The maximum atomic E-state index is 12.5. The Bertz CT molecular complexity index is 522. The summed E-state index contributed by atoms with van der Waals surface area (Å²) in [5, 5.41) is 11.8. The highest BCUT2D eigenvalue weighted by atomic mass is 19.3. The average Bonchev–Trinajstić information content (AvgIpc) is 2.97. The van der Waals surface area contributed by atoms with Crippen LogP contribution < -0.4 is 5.32 Å². The van der Waals surface area contributed by atoms with E-state index in [1.54, 1.807) is 0 Å². The summed E-state index contributed by atoms with van der Waals surface area (Å²) >= 11 is 0. The van der Waals surface area contributed by atoms with E-state index in [1.807, 2.05) is 0 Å². The van der Waals surface area contributed by atoms with Gasteiger partial charge in [0.1, 0.15) is 5.69 Å². The van der Waals surface area contributed by atoms with E-state index in [2.05, 4.69) is 5.32 Å². The second-order valence-electron chi connectivity index (χ2n) is 5.45. The summed E-state index contributed by atoms with van der Waals surface area (Å²) in [7, 11) is 0. The lowest BCUT2D eigenvalue weighted by atomic mass is 9.93. The van der Waals surface area contributed by atoms with Crippen molar-refractivity contribution >= 4 is 11.9 Å². The molecule has 1 aromatic rings. The van der Waals surface area contributed by atoms with E-state index in [0.29, 0.717) is 12.8 Å². The number of carbonyl (C=O) groups excluding carboxylic acids is 1. The summed E-state index contributed by atoms with van der Waals surface area (Å²) in [5.41, 5.74) is -0.630. The van der Waals surface area contributed by atoms with Crippen molar-refractivity contribution in [2.75, 3.05) is 0 Å². The van der Waals surface area contributed by atoms with Crippen LogP contribution in [-0.4, -0.2) is 33.5 Å². The van der Waals surface area contributed by atoms with E-state index in [-0.39, 0.29) is 12.1 Å². The number of carboxylic acid groups (broad SMARTS) is 1. The highest BCUT2D eigenvalue weighted by molar-refractivity contribution is 5.93. The maximum absolute atomic E-state index is 12.5. The monoisotopic (exact) mass is 300 g/mol. The number of amides is 1. The fourth-order valence-corrected chi connectivity index (χ4v) is 2.92. The number of hydrogen-bond acceptors (Lipinski definition) is 2. The van der Waals surface area contributed by atoms with Crippen molar-refractivity contribution in [3.8, 4) is 0 Å². The van der Waals surface area contributed by atoms with Crippen molar-refractivity contribution in [3.05, 3.63) is 24.0 Å². The van der Waals surface area contributed by atoms with Crippen LogP contribution in [0.15, 0.2) is 18.3 Å². The Morgan fingerprint density at radius 3 is 2.62 bits per heavy atom. The lowest BCUT2D eigenvalue weighted by molar-refractivity contribution is -0.138. The molecule has 1 saturated carbocycles. The van der Waals surface area contributed by atoms with Crippen LogP contribution in [0.1, 0.15) is 42.6 Å². The van der Waals surface area contributed by atoms with E-state index in [9.17, 15) is 18.4 Å². The van der Waals surface area contributed by atoms with Gasteiger partial charge in [-0.2, -0.15) is 0 Å². The molecule has 116 valence electrons. The van der Waals surface area contributed by atoms with Crippen LogP contribution in [0.4, 0.5) is 8.78 Å². The summed E-state index contributed by atoms with van der Waals surface area (Å²) in [6.07, 6.45) is 1.62. The Kier molecular flexibility index (Phi) is 4.59. The molecule has 0 spiro atoms. The summed E-state index contributed by atoms with van der Waals surface area (Å²) in [6, 6.07) is 2.98. The van der Waals surface area contributed by atoms with Crippen molar-refractivity contribution < 1.29 is 23.5 Å². The predicted octanol–water partition coefficient (Wildman–Crippen LogP) is 2.27. The molecule has 7 heteroatoms. The first-order valence-corrected chi connectivity index (χ1v) is 6.89. The molecule has 1 aliphatic carbocycles. The summed E-state index contributed by atoms with van der Waals surface area (Å²) in [4.78, 5) is 23.3. The quantitative estimate of drug-likeness (QED) is 0.846. The zero-order valence-electron chi connectivity index (χ0n) is 11.5.